The molecule has 1 aliphatic heterocycles. The van der Waals surface area contributed by atoms with Crippen molar-refractivity contribution in [3.63, 3.8) is 0 Å². The summed E-state index contributed by atoms with van der Waals surface area (Å²) in [4.78, 5) is 14.4. The van der Waals surface area contributed by atoms with E-state index < -0.39 is 12.1 Å². The molecule has 1 saturated heterocycles. The lowest BCUT2D eigenvalue weighted by atomic mass is 10.1. The number of nitrogens with zero attached hydrogens (tertiary/aromatic N) is 1. The summed E-state index contributed by atoms with van der Waals surface area (Å²) >= 11 is 7.49. The lowest BCUT2D eigenvalue weighted by Gasteiger charge is -2.24. The summed E-state index contributed by atoms with van der Waals surface area (Å²) in [5.41, 5.74) is 1.08. The van der Waals surface area contributed by atoms with Crippen LogP contribution in [0.4, 0.5) is 13.2 Å². The monoisotopic (exact) mass is 387 g/mol. The van der Waals surface area contributed by atoms with Crippen LogP contribution >= 0.6 is 23.4 Å². The molecule has 1 unspecified atom stereocenters. The lowest BCUT2D eigenvalue weighted by molar-refractivity contribution is -0.274. The van der Waals surface area contributed by atoms with E-state index in [-0.39, 0.29) is 16.8 Å². The van der Waals surface area contributed by atoms with Gasteiger partial charge in [0.15, 0.2) is 0 Å². The summed E-state index contributed by atoms with van der Waals surface area (Å²) in [7, 11) is 0. The van der Waals surface area contributed by atoms with E-state index in [1.807, 2.05) is 12.1 Å². The number of thioether (sulfide) groups is 1. The maximum atomic E-state index is 12.8. The van der Waals surface area contributed by atoms with E-state index in [2.05, 4.69) is 4.74 Å². The van der Waals surface area contributed by atoms with Crippen LogP contribution in [-0.4, -0.2) is 29.5 Å². The third kappa shape index (κ3) is 4.41. The molecule has 8 heteroatoms. The summed E-state index contributed by atoms with van der Waals surface area (Å²) < 4.78 is 41.0. The van der Waals surface area contributed by atoms with Crippen molar-refractivity contribution in [3.8, 4) is 5.75 Å². The van der Waals surface area contributed by atoms with Crippen molar-refractivity contribution in [1.29, 1.82) is 0 Å². The molecule has 132 valence electrons. The SMILES string of the molecule is O=C(c1cccc(OC(F)(F)F)c1)N1CCSC1c1ccc(Cl)cc1. The Morgan fingerprint density at radius 3 is 2.60 bits per heavy atom. The first kappa shape index (κ1) is 17.9. The van der Waals surface area contributed by atoms with Gasteiger partial charge in [-0.25, -0.2) is 0 Å². The number of ether oxygens (including phenoxy) is 1. The molecule has 2 aromatic carbocycles. The molecule has 1 amide bonds. The highest BCUT2D eigenvalue weighted by atomic mass is 35.5. The third-order valence-electron chi connectivity index (χ3n) is 3.62. The van der Waals surface area contributed by atoms with Crippen LogP contribution in [0.5, 0.6) is 5.75 Å². The zero-order chi connectivity index (χ0) is 18.0. The zero-order valence-electron chi connectivity index (χ0n) is 12.8. The Balaban J connectivity index is 1.82. The van der Waals surface area contributed by atoms with Crippen LogP contribution in [0.25, 0.3) is 0 Å². The molecular weight excluding hydrogens is 375 g/mol. The average Bonchev–Trinajstić information content (AvgIpc) is 3.03. The molecule has 0 saturated carbocycles. The molecule has 25 heavy (non-hydrogen) atoms. The molecule has 1 aliphatic rings. The van der Waals surface area contributed by atoms with Crippen molar-refractivity contribution >= 4 is 29.3 Å². The molecule has 0 N–H and O–H groups in total. The number of alkyl halides is 3. The van der Waals surface area contributed by atoms with Crippen molar-refractivity contribution < 1.29 is 22.7 Å². The standard InChI is InChI=1S/C17H13ClF3NO2S/c18-13-6-4-11(5-7-13)16-22(8-9-25-16)15(23)12-2-1-3-14(10-12)24-17(19,20)21/h1-7,10,16H,8-9H2. The zero-order valence-corrected chi connectivity index (χ0v) is 14.4. The van der Waals surface area contributed by atoms with E-state index in [0.717, 1.165) is 17.4 Å². The van der Waals surface area contributed by atoms with E-state index in [9.17, 15) is 18.0 Å². The van der Waals surface area contributed by atoms with Crippen LogP contribution < -0.4 is 4.74 Å². The molecule has 0 aromatic heterocycles. The Morgan fingerprint density at radius 2 is 1.92 bits per heavy atom. The number of carbonyl (C=O) groups excluding carboxylic acids is 1. The smallest absolute Gasteiger partial charge is 0.406 e. The van der Waals surface area contributed by atoms with Crippen molar-refractivity contribution in [1.82, 2.24) is 4.90 Å². The quantitative estimate of drug-likeness (QED) is 0.731. The van der Waals surface area contributed by atoms with Gasteiger partial charge in [-0.1, -0.05) is 29.8 Å². The maximum Gasteiger partial charge on any atom is 0.573 e. The lowest BCUT2D eigenvalue weighted by Crippen LogP contribution is -2.30. The van der Waals surface area contributed by atoms with Gasteiger partial charge in [0.2, 0.25) is 0 Å². The largest absolute Gasteiger partial charge is 0.573 e. The van der Waals surface area contributed by atoms with Gasteiger partial charge in [0.1, 0.15) is 11.1 Å². The Hall–Kier alpha value is -1.86. The minimum Gasteiger partial charge on any atom is -0.406 e. The molecule has 1 atom stereocenters. The molecule has 0 bridgehead atoms. The second kappa shape index (κ2) is 7.17. The van der Waals surface area contributed by atoms with Gasteiger partial charge in [0, 0.05) is 22.9 Å². The molecule has 3 nitrogen and oxygen atoms in total. The topological polar surface area (TPSA) is 29.5 Å². The van der Waals surface area contributed by atoms with Gasteiger partial charge in [0.05, 0.1) is 0 Å². The Labute approximate surface area is 151 Å². The summed E-state index contributed by atoms with van der Waals surface area (Å²) in [5.74, 6) is 0.00318. The van der Waals surface area contributed by atoms with E-state index in [1.54, 1.807) is 28.8 Å². The number of hydrogen-bond acceptors (Lipinski definition) is 3. The number of hydrogen-bond donors (Lipinski definition) is 0. The summed E-state index contributed by atoms with van der Waals surface area (Å²) in [5, 5.41) is 0.401. The van der Waals surface area contributed by atoms with Gasteiger partial charge >= 0.3 is 6.36 Å². The van der Waals surface area contributed by atoms with Crippen LogP contribution in [0.1, 0.15) is 21.3 Å². The van der Waals surface area contributed by atoms with Crippen LogP contribution in [0.3, 0.4) is 0 Å². The maximum absolute atomic E-state index is 12.8. The average molecular weight is 388 g/mol. The van der Waals surface area contributed by atoms with E-state index in [1.165, 1.54) is 18.2 Å². The second-order valence-corrected chi connectivity index (χ2v) is 6.97. The van der Waals surface area contributed by atoms with Gasteiger partial charge in [0.25, 0.3) is 5.91 Å². The first-order valence-corrected chi connectivity index (χ1v) is 8.80. The number of halogens is 4. The molecule has 0 aliphatic carbocycles. The normalized spacial score (nSPS) is 17.6. The predicted octanol–water partition coefficient (Wildman–Crippen LogP) is 5.13. The fourth-order valence-electron chi connectivity index (χ4n) is 2.57. The predicted molar refractivity (Wildman–Crippen MR) is 90.8 cm³/mol. The highest BCUT2D eigenvalue weighted by Crippen LogP contribution is 2.39. The molecule has 1 heterocycles. The van der Waals surface area contributed by atoms with Crippen molar-refractivity contribution in [2.45, 2.75) is 11.7 Å². The fourth-order valence-corrected chi connectivity index (χ4v) is 3.96. The van der Waals surface area contributed by atoms with Gasteiger partial charge in [-0.05, 0) is 35.9 Å². The molecule has 3 rings (SSSR count). The van der Waals surface area contributed by atoms with Gasteiger partial charge in [-0.15, -0.1) is 24.9 Å². The van der Waals surface area contributed by atoms with Crippen LogP contribution in [0.15, 0.2) is 48.5 Å². The van der Waals surface area contributed by atoms with Crippen LogP contribution in [0, 0.1) is 0 Å². The fraction of sp³-hybridized carbons (Fsp3) is 0.235. The minimum absolute atomic E-state index is 0.156. The van der Waals surface area contributed by atoms with Crippen molar-refractivity contribution in [2.75, 3.05) is 12.3 Å². The molecule has 2 aromatic rings. The first-order chi connectivity index (χ1) is 11.8. The highest BCUT2D eigenvalue weighted by molar-refractivity contribution is 7.99. The van der Waals surface area contributed by atoms with E-state index in [0.29, 0.717) is 11.6 Å². The van der Waals surface area contributed by atoms with Crippen molar-refractivity contribution in [3.05, 3.63) is 64.7 Å². The summed E-state index contributed by atoms with van der Waals surface area (Å²) in [6, 6.07) is 12.3. The molecule has 0 spiro atoms. The number of amides is 1. The number of benzene rings is 2. The summed E-state index contributed by atoms with van der Waals surface area (Å²) in [6.45, 7) is 0.515. The second-order valence-electron chi connectivity index (χ2n) is 5.35. The van der Waals surface area contributed by atoms with Crippen LogP contribution in [0.2, 0.25) is 5.02 Å². The van der Waals surface area contributed by atoms with Crippen molar-refractivity contribution in [2.24, 2.45) is 0 Å². The molecular formula is C17H13ClF3NO2S. The molecule has 1 fully saturated rings. The van der Waals surface area contributed by atoms with Gasteiger partial charge in [-0.2, -0.15) is 0 Å². The number of rotatable bonds is 3. The van der Waals surface area contributed by atoms with E-state index in [4.69, 9.17) is 11.6 Å². The minimum atomic E-state index is -4.79. The van der Waals surface area contributed by atoms with E-state index >= 15 is 0 Å². The Morgan fingerprint density at radius 1 is 1.20 bits per heavy atom. The van der Waals surface area contributed by atoms with Gasteiger partial charge < -0.3 is 9.64 Å². The van der Waals surface area contributed by atoms with Gasteiger partial charge in [-0.3, -0.25) is 4.79 Å². The Bertz CT molecular complexity index is 767. The highest BCUT2D eigenvalue weighted by Gasteiger charge is 2.33. The number of carbonyl (C=O) groups is 1. The Kier molecular flexibility index (Phi) is 5.15. The summed E-state index contributed by atoms with van der Waals surface area (Å²) in [6.07, 6.45) is -4.79. The van der Waals surface area contributed by atoms with Crippen LogP contribution in [-0.2, 0) is 0 Å². The first-order valence-electron chi connectivity index (χ1n) is 7.37. The third-order valence-corrected chi connectivity index (χ3v) is 5.13. The molecule has 0 radical (unpaired) electrons.